The third kappa shape index (κ3) is 1.79. The summed E-state index contributed by atoms with van der Waals surface area (Å²) in [4.78, 5) is 13.8. The van der Waals surface area contributed by atoms with Gasteiger partial charge < -0.3 is 10.1 Å². The highest BCUT2D eigenvalue weighted by Crippen LogP contribution is 2.19. The molecule has 3 N–H and O–H groups in total. The fraction of sp³-hybridized carbons (Fsp3) is 0.182. The molecule has 5 heteroatoms. The number of nitrogens with zero attached hydrogens (tertiary/aromatic N) is 1. The third-order valence-electron chi connectivity index (χ3n) is 2.53. The van der Waals surface area contributed by atoms with Gasteiger partial charge in [-0.25, -0.2) is 10.3 Å². The summed E-state index contributed by atoms with van der Waals surface area (Å²) in [5.74, 6) is -1.07. The number of aromatic amines is 1. The molecule has 0 amide bonds. The van der Waals surface area contributed by atoms with Crippen LogP contribution in [-0.4, -0.2) is 22.1 Å². The van der Waals surface area contributed by atoms with E-state index in [9.17, 15) is 4.79 Å². The van der Waals surface area contributed by atoms with Crippen molar-refractivity contribution in [1.82, 2.24) is 4.98 Å². The van der Waals surface area contributed by atoms with Gasteiger partial charge in [-0.15, -0.1) is 0 Å². The lowest BCUT2D eigenvalue weighted by atomic mass is 10.1. The van der Waals surface area contributed by atoms with Crippen LogP contribution in [0.15, 0.2) is 35.6 Å². The topological polar surface area (TPSA) is 89.3 Å². The van der Waals surface area contributed by atoms with Gasteiger partial charge in [-0.1, -0.05) is 18.2 Å². The van der Waals surface area contributed by atoms with Crippen LogP contribution in [0.3, 0.4) is 0 Å². The number of carboxylic acid groups (broad SMARTS) is 1. The SMILES string of the molecule is N=N[C@@H](Cc1c[nH]c2ccccc12)C(=O)O. The fourth-order valence-electron chi connectivity index (χ4n) is 1.70. The molecule has 0 aliphatic heterocycles. The number of fused-ring (bicyclic) bond motifs is 1. The zero-order valence-corrected chi connectivity index (χ0v) is 8.47. The molecule has 0 aliphatic carbocycles. The van der Waals surface area contributed by atoms with Crippen molar-refractivity contribution in [3.8, 4) is 0 Å². The average Bonchev–Trinajstić information content (AvgIpc) is 2.69. The molecule has 1 heterocycles. The smallest absolute Gasteiger partial charge is 0.330 e. The van der Waals surface area contributed by atoms with E-state index < -0.39 is 12.0 Å². The van der Waals surface area contributed by atoms with Crippen molar-refractivity contribution < 1.29 is 9.90 Å². The van der Waals surface area contributed by atoms with E-state index in [1.54, 1.807) is 6.20 Å². The van der Waals surface area contributed by atoms with Crippen LogP contribution in [-0.2, 0) is 11.2 Å². The van der Waals surface area contributed by atoms with Gasteiger partial charge in [0, 0.05) is 23.5 Å². The lowest BCUT2D eigenvalue weighted by Gasteiger charge is -2.03. The zero-order chi connectivity index (χ0) is 11.5. The normalized spacial score (nSPS) is 12.5. The Hall–Kier alpha value is -2.17. The second kappa shape index (κ2) is 4.14. The minimum absolute atomic E-state index is 0.239. The van der Waals surface area contributed by atoms with Crippen molar-refractivity contribution in [1.29, 1.82) is 5.53 Å². The molecule has 0 bridgehead atoms. The molecule has 2 aromatic rings. The van der Waals surface area contributed by atoms with Gasteiger partial charge in [0.05, 0.1) is 0 Å². The minimum Gasteiger partial charge on any atom is -0.480 e. The molecule has 0 spiro atoms. The fourth-order valence-corrected chi connectivity index (χ4v) is 1.70. The molecule has 0 saturated heterocycles. The first kappa shape index (κ1) is 10.4. The Labute approximate surface area is 91.6 Å². The number of para-hydroxylation sites is 1. The molecule has 1 atom stereocenters. The van der Waals surface area contributed by atoms with E-state index in [0.717, 1.165) is 16.5 Å². The average molecular weight is 217 g/mol. The molecule has 16 heavy (non-hydrogen) atoms. The van der Waals surface area contributed by atoms with Crippen LogP contribution < -0.4 is 0 Å². The minimum atomic E-state index is -1.07. The molecular weight excluding hydrogens is 206 g/mol. The molecule has 2 rings (SSSR count). The highest BCUT2D eigenvalue weighted by Gasteiger charge is 2.18. The molecule has 0 fully saturated rings. The van der Waals surface area contributed by atoms with Gasteiger partial charge in [0.2, 0.25) is 0 Å². The Bertz CT molecular complexity index is 533. The van der Waals surface area contributed by atoms with Gasteiger partial charge in [0.1, 0.15) is 0 Å². The van der Waals surface area contributed by atoms with Crippen LogP contribution in [0.5, 0.6) is 0 Å². The van der Waals surface area contributed by atoms with E-state index in [-0.39, 0.29) is 6.42 Å². The van der Waals surface area contributed by atoms with Crippen molar-refractivity contribution in [3.05, 3.63) is 36.0 Å². The number of hydrogen-bond donors (Lipinski definition) is 3. The Balaban J connectivity index is 2.34. The van der Waals surface area contributed by atoms with Gasteiger partial charge in [-0.2, -0.15) is 5.11 Å². The highest BCUT2D eigenvalue weighted by atomic mass is 16.4. The highest BCUT2D eigenvalue weighted by molar-refractivity contribution is 5.84. The second-order valence-electron chi connectivity index (χ2n) is 3.55. The van der Waals surface area contributed by atoms with Crippen LogP contribution in [0.1, 0.15) is 5.56 Å². The number of carboxylic acids is 1. The van der Waals surface area contributed by atoms with Crippen molar-refractivity contribution in [3.63, 3.8) is 0 Å². The molecule has 0 radical (unpaired) electrons. The number of aromatic nitrogens is 1. The van der Waals surface area contributed by atoms with Crippen LogP contribution in [0, 0.1) is 5.53 Å². The number of carbonyl (C=O) groups is 1. The zero-order valence-electron chi connectivity index (χ0n) is 8.47. The number of aliphatic carboxylic acids is 1. The van der Waals surface area contributed by atoms with Crippen LogP contribution in [0.25, 0.3) is 10.9 Å². The van der Waals surface area contributed by atoms with E-state index in [0.29, 0.717) is 0 Å². The van der Waals surface area contributed by atoms with Crippen LogP contribution in [0.2, 0.25) is 0 Å². The molecule has 0 saturated carbocycles. The summed E-state index contributed by atoms with van der Waals surface area (Å²) in [6, 6.07) is 6.65. The van der Waals surface area contributed by atoms with Gasteiger partial charge in [0.15, 0.2) is 6.04 Å². The summed E-state index contributed by atoms with van der Waals surface area (Å²) in [6.45, 7) is 0. The van der Waals surface area contributed by atoms with Gasteiger partial charge in [-0.3, -0.25) is 0 Å². The maximum Gasteiger partial charge on any atom is 0.330 e. The number of benzene rings is 1. The first-order valence-corrected chi connectivity index (χ1v) is 4.86. The molecular formula is C11H11N3O2. The molecule has 1 aromatic heterocycles. The van der Waals surface area contributed by atoms with E-state index in [1.165, 1.54) is 0 Å². The van der Waals surface area contributed by atoms with E-state index in [1.807, 2.05) is 24.3 Å². The summed E-state index contributed by atoms with van der Waals surface area (Å²) < 4.78 is 0. The maximum absolute atomic E-state index is 10.8. The lowest BCUT2D eigenvalue weighted by molar-refractivity contribution is -0.138. The van der Waals surface area contributed by atoms with E-state index in [4.69, 9.17) is 10.6 Å². The number of H-pyrrole nitrogens is 1. The summed E-state index contributed by atoms with van der Waals surface area (Å²) in [5.41, 5.74) is 8.67. The Morgan fingerprint density at radius 1 is 1.50 bits per heavy atom. The first-order valence-electron chi connectivity index (χ1n) is 4.86. The Kier molecular flexibility index (Phi) is 2.68. The molecule has 5 nitrogen and oxygen atoms in total. The molecule has 1 aromatic carbocycles. The molecule has 82 valence electrons. The molecule has 0 aliphatic rings. The van der Waals surface area contributed by atoms with Crippen molar-refractivity contribution in [2.45, 2.75) is 12.5 Å². The number of nitrogens with one attached hydrogen (secondary N) is 2. The standard InChI is InChI=1S/C11H11N3O2/c12-14-10(11(15)16)5-7-6-13-9-4-2-1-3-8(7)9/h1-4,6,10,12-13H,5H2,(H,15,16)/t10-/m0/s1. The Morgan fingerprint density at radius 2 is 2.25 bits per heavy atom. The maximum atomic E-state index is 10.8. The first-order chi connectivity index (χ1) is 7.72. The predicted molar refractivity (Wildman–Crippen MR) is 58.6 cm³/mol. The quantitative estimate of drug-likeness (QED) is 0.685. The summed E-state index contributed by atoms with van der Waals surface area (Å²) in [6.07, 6.45) is 2.01. The number of hydrogen-bond acceptors (Lipinski definition) is 3. The summed E-state index contributed by atoms with van der Waals surface area (Å²) >= 11 is 0. The lowest BCUT2D eigenvalue weighted by Crippen LogP contribution is -2.19. The van der Waals surface area contributed by atoms with Gasteiger partial charge in [0.25, 0.3) is 0 Å². The van der Waals surface area contributed by atoms with Crippen molar-refractivity contribution in [2.75, 3.05) is 0 Å². The van der Waals surface area contributed by atoms with Gasteiger partial charge >= 0.3 is 5.97 Å². The second-order valence-corrected chi connectivity index (χ2v) is 3.55. The van der Waals surface area contributed by atoms with Crippen molar-refractivity contribution in [2.24, 2.45) is 5.11 Å². The van der Waals surface area contributed by atoms with Crippen molar-refractivity contribution >= 4 is 16.9 Å². The predicted octanol–water partition coefficient (Wildman–Crippen LogP) is 2.19. The number of rotatable bonds is 4. The van der Waals surface area contributed by atoms with Crippen LogP contribution in [0.4, 0.5) is 0 Å². The summed E-state index contributed by atoms with van der Waals surface area (Å²) in [7, 11) is 0. The monoisotopic (exact) mass is 217 g/mol. The van der Waals surface area contributed by atoms with E-state index >= 15 is 0 Å². The summed E-state index contributed by atoms with van der Waals surface area (Å²) in [5, 5.41) is 12.9. The molecule has 0 unspecified atom stereocenters. The van der Waals surface area contributed by atoms with E-state index in [2.05, 4.69) is 10.1 Å². The Morgan fingerprint density at radius 3 is 2.94 bits per heavy atom. The van der Waals surface area contributed by atoms with Gasteiger partial charge in [-0.05, 0) is 11.6 Å². The third-order valence-corrected chi connectivity index (χ3v) is 2.53. The van der Waals surface area contributed by atoms with Crippen LogP contribution >= 0.6 is 0 Å². The largest absolute Gasteiger partial charge is 0.480 e.